The van der Waals surface area contributed by atoms with Gasteiger partial charge in [0.1, 0.15) is 0 Å². The van der Waals surface area contributed by atoms with Gasteiger partial charge >= 0.3 is 6.03 Å². The minimum atomic E-state index is -0.0267. The Bertz CT molecular complexity index is 1050. The number of benzene rings is 2. The zero-order valence-electron chi connectivity index (χ0n) is 22.1. The summed E-state index contributed by atoms with van der Waals surface area (Å²) in [6, 6.07) is 11.3. The Labute approximate surface area is 223 Å². The van der Waals surface area contributed by atoms with Gasteiger partial charge < -0.3 is 29.3 Å². The Hall–Kier alpha value is -3.07. The van der Waals surface area contributed by atoms with Crippen molar-refractivity contribution in [2.24, 2.45) is 11.8 Å². The number of amides is 3. The number of hydrogen-bond donors (Lipinski definition) is 1. The fourth-order valence-electron chi connectivity index (χ4n) is 5.41. The summed E-state index contributed by atoms with van der Waals surface area (Å²) < 4.78 is 16.2. The van der Waals surface area contributed by atoms with E-state index in [0.717, 1.165) is 57.5 Å². The lowest BCUT2D eigenvalue weighted by atomic mass is 9.79. The van der Waals surface area contributed by atoms with Crippen LogP contribution in [0.1, 0.15) is 36.0 Å². The van der Waals surface area contributed by atoms with Crippen molar-refractivity contribution in [2.75, 3.05) is 59.1 Å². The van der Waals surface area contributed by atoms with Crippen LogP contribution in [-0.4, -0.2) is 75.5 Å². The van der Waals surface area contributed by atoms with Gasteiger partial charge in [-0.3, -0.25) is 4.79 Å². The molecule has 2 aliphatic rings. The molecule has 4 rings (SSSR count). The predicted molar refractivity (Wildman–Crippen MR) is 146 cm³/mol. The van der Waals surface area contributed by atoms with Gasteiger partial charge in [-0.05, 0) is 80.2 Å². The fourth-order valence-corrected chi connectivity index (χ4v) is 5.82. The van der Waals surface area contributed by atoms with Crippen LogP contribution in [0.3, 0.4) is 0 Å². The third-order valence-corrected chi connectivity index (χ3v) is 8.32. The van der Waals surface area contributed by atoms with E-state index in [2.05, 4.69) is 5.32 Å². The van der Waals surface area contributed by atoms with Crippen molar-refractivity contribution in [1.29, 1.82) is 0 Å². The molecule has 0 aliphatic carbocycles. The van der Waals surface area contributed by atoms with Crippen molar-refractivity contribution in [3.05, 3.63) is 42.0 Å². The van der Waals surface area contributed by atoms with Crippen molar-refractivity contribution in [1.82, 2.24) is 9.80 Å². The van der Waals surface area contributed by atoms with Gasteiger partial charge in [0.05, 0.1) is 21.3 Å². The van der Waals surface area contributed by atoms with E-state index in [1.165, 1.54) is 4.90 Å². The zero-order chi connectivity index (χ0) is 26.4. The minimum absolute atomic E-state index is 0.0187. The quantitative estimate of drug-likeness (QED) is 0.497. The standard InChI is InChI=1S/C28H37N3O5S/c1-34-24-17-21(18-25(35-2)26(24)36-3)27(32)30-13-9-19(10-14-30)20-11-15-31(16-12-20)28(33)29-22-5-7-23(37-4)8-6-22/h5-8,17-20H,9-16H2,1-4H3,(H,29,33). The Morgan fingerprint density at radius 3 is 1.78 bits per heavy atom. The van der Waals surface area contributed by atoms with Crippen LogP contribution in [0.5, 0.6) is 17.2 Å². The molecule has 1 N–H and O–H groups in total. The highest BCUT2D eigenvalue weighted by Crippen LogP contribution is 2.39. The lowest BCUT2D eigenvalue weighted by Crippen LogP contribution is -2.45. The Kier molecular flexibility index (Phi) is 9.08. The molecule has 2 aromatic rings. The molecule has 200 valence electrons. The van der Waals surface area contributed by atoms with Crippen LogP contribution in [0.15, 0.2) is 41.3 Å². The molecule has 0 atom stereocenters. The predicted octanol–water partition coefficient (Wildman–Crippen LogP) is 5.23. The third-order valence-electron chi connectivity index (χ3n) is 7.57. The fraction of sp³-hybridized carbons (Fsp3) is 0.500. The maximum Gasteiger partial charge on any atom is 0.321 e. The van der Waals surface area contributed by atoms with E-state index in [0.29, 0.717) is 34.6 Å². The molecule has 2 saturated heterocycles. The summed E-state index contributed by atoms with van der Waals surface area (Å²) in [4.78, 5) is 31.0. The monoisotopic (exact) mass is 527 g/mol. The summed E-state index contributed by atoms with van der Waals surface area (Å²) in [7, 11) is 4.65. The number of piperidine rings is 2. The SMILES string of the molecule is COc1cc(C(=O)N2CCC(C3CCN(C(=O)Nc4ccc(SC)cc4)CC3)CC2)cc(OC)c1OC. The molecule has 0 aromatic heterocycles. The molecule has 9 heteroatoms. The number of ether oxygens (including phenoxy) is 3. The topological polar surface area (TPSA) is 80.3 Å². The molecule has 2 fully saturated rings. The highest BCUT2D eigenvalue weighted by molar-refractivity contribution is 7.98. The normalized spacial score (nSPS) is 16.9. The molecule has 0 spiro atoms. The number of carbonyl (C=O) groups excluding carboxylic acids is 2. The Morgan fingerprint density at radius 1 is 0.811 bits per heavy atom. The molecule has 2 aromatic carbocycles. The van der Waals surface area contributed by atoms with Crippen molar-refractivity contribution >= 4 is 29.4 Å². The molecule has 0 bridgehead atoms. The largest absolute Gasteiger partial charge is 0.493 e. The second kappa shape index (κ2) is 12.4. The molecular formula is C28H37N3O5S. The maximum absolute atomic E-state index is 13.2. The maximum atomic E-state index is 13.2. The average Bonchev–Trinajstić information content (AvgIpc) is 2.96. The Morgan fingerprint density at radius 2 is 1.32 bits per heavy atom. The van der Waals surface area contributed by atoms with Gasteiger partial charge in [0, 0.05) is 42.3 Å². The number of nitrogens with one attached hydrogen (secondary N) is 1. The van der Waals surface area contributed by atoms with Crippen molar-refractivity contribution in [3.8, 4) is 17.2 Å². The molecular weight excluding hydrogens is 490 g/mol. The van der Waals surface area contributed by atoms with Crippen LogP contribution in [0, 0.1) is 11.8 Å². The first kappa shape index (κ1) is 27.0. The number of thioether (sulfide) groups is 1. The zero-order valence-corrected chi connectivity index (χ0v) is 22.9. The van der Waals surface area contributed by atoms with Crippen molar-refractivity contribution < 1.29 is 23.8 Å². The van der Waals surface area contributed by atoms with E-state index < -0.39 is 0 Å². The van der Waals surface area contributed by atoms with Gasteiger partial charge in [-0.1, -0.05) is 0 Å². The van der Waals surface area contributed by atoms with Crippen molar-refractivity contribution in [2.45, 2.75) is 30.6 Å². The highest BCUT2D eigenvalue weighted by atomic mass is 32.2. The number of urea groups is 1. The van der Waals surface area contributed by atoms with E-state index in [1.54, 1.807) is 45.2 Å². The van der Waals surface area contributed by atoms with E-state index in [-0.39, 0.29) is 11.9 Å². The van der Waals surface area contributed by atoms with Crippen LogP contribution in [-0.2, 0) is 0 Å². The summed E-state index contributed by atoms with van der Waals surface area (Å²) in [5.41, 5.74) is 1.37. The van der Waals surface area contributed by atoms with E-state index in [4.69, 9.17) is 14.2 Å². The van der Waals surface area contributed by atoms with Crippen LogP contribution >= 0.6 is 11.8 Å². The lowest BCUT2D eigenvalue weighted by molar-refractivity contribution is 0.0618. The number of carbonyl (C=O) groups is 2. The summed E-state index contributed by atoms with van der Waals surface area (Å²) in [6.45, 7) is 2.99. The first-order valence-electron chi connectivity index (χ1n) is 12.8. The molecule has 0 radical (unpaired) electrons. The van der Waals surface area contributed by atoms with Crippen LogP contribution in [0.2, 0.25) is 0 Å². The summed E-state index contributed by atoms with van der Waals surface area (Å²) in [6.07, 6.45) is 6.01. The van der Waals surface area contributed by atoms with Gasteiger partial charge in [0.25, 0.3) is 5.91 Å². The molecule has 0 saturated carbocycles. The van der Waals surface area contributed by atoms with Crippen LogP contribution in [0.25, 0.3) is 0 Å². The van der Waals surface area contributed by atoms with Crippen molar-refractivity contribution in [3.63, 3.8) is 0 Å². The average molecular weight is 528 g/mol. The van der Waals surface area contributed by atoms with E-state index in [1.807, 2.05) is 40.3 Å². The second-order valence-electron chi connectivity index (χ2n) is 9.53. The minimum Gasteiger partial charge on any atom is -0.493 e. The molecule has 3 amide bonds. The number of methoxy groups -OCH3 is 3. The van der Waals surface area contributed by atoms with Gasteiger partial charge in [0.15, 0.2) is 11.5 Å². The second-order valence-corrected chi connectivity index (χ2v) is 10.4. The number of rotatable bonds is 7. The molecule has 37 heavy (non-hydrogen) atoms. The first-order valence-corrected chi connectivity index (χ1v) is 14.0. The van der Waals surface area contributed by atoms with E-state index >= 15 is 0 Å². The smallest absolute Gasteiger partial charge is 0.321 e. The summed E-state index contributed by atoms with van der Waals surface area (Å²) in [5.74, 6) is 2.58. The first-order chi connectivity index (χ1) is 18.0. The molecule has 0 unspecified atom stereocenters. The third kappa shape index (κ3) is 6.26. The number of anilines is 1. The van der Waals surface area contributed by atoms with Gasteiger partial charge in [-0.25, -0.2) is 4.79 Å². The lowest BCUT2D eigenvalue weighted by Gasteiger charge is -2.40. The Balaban J connectivity index is 1.27. The molecule has 8 nitrogen and oxygen atoms in total. The summed E-state index contributed by atoms with van der Waals surface area (Å²) in [5, 5.41) is 3.02. The summed E-state index contributed by atoms with van der Waals surface area (Å²) >= 11 is 1.68. The molecule has 2 aliphatic heterocycles. The van der Waals surface area contributed by atoms with Crippen LogP contribution < -0.4 is 19.5 Å². The highest BCUT2D eigenvalue weighted by Gasteiger charge is 2.32. The molecule has 2 heterocycles. The van der Waals surface area contributed by atoms with E-state index in [9.17, 15) is 9.59 Å². The van der Waals surface area contributed by atoms with Gasteiger partial charge in [0.2, 0.25) is 5.75 Å². The van der Waals surface area contributed by atoms with Gasteiger partial charge in [-0.2, -0.15) is 0 Å². The number of nitrogens with zero attached hydrogens (tertiary/aromatic N) is 2. The van der Waals surface area contributed by atoms with Gasteiger partial charge in [-0.15, -0.1) is 11.8 Å². The van der Waals surface area contributed by atoms with Crippen LogP contribution in [0.4, 0.5) is 10.5 Å². The number of likely N-dealkylation sites (tertiary alicyclic amines) is 2. The number of hydrogen-bond acceptors (Lipinski definition) is 6.